The summed E-state index contributed by atoms with van der Waals surface area (Å²) in [5.41, 5.74) is 3.84. The van der Waals surface area contributed by atoms with Gasteiger partial charge in [0.25, 0.3) is 0 Å². The van der Waals surface area contributed by atoms with E-state index in [1.807, 2.05) is 24.3 Å². The molecule has 138 valence electrons. The van der Waals surface area contributed by atoms with Crippen LogP contribution in [0.3, 0.4) is 0 Å². The number of ketones is 1. The predicted octanol–water partition coefficient (Wildman–Crippen LogP) is 3.42. The first-order valence-electron chi connectivity index (χ1n) is 9.47. The van der Waals surface area contributed by atoms with Crippen molar-refractivity contribution in [3.8, 4) is 11.1 Å². The van der Waals surface area contributed by atoms with Crippen LogP contribution in [0.25, 0.3) is 11.1 Å². The van der Waals surface area contributed by atoms with Gasteiger partial charge in [0.15, 0.2) is 5.78 Å². The molecule has 1 amide bonds. The van der Waals surface area contributed by atoms with E-state index in [4.69, 9.17) is 9.47 Å². The zero-order chi connectivity index (χ0) is 18.4. The molecule has 5 rings (SSSR count). The van der Waals surface area contributed by atoms with Gasteiger partial charge in [-0.15, -0.1) is 0 Å². The van der Waals surface area contributed by atoms with E-state index in [2.05, 4.69) is 29.6 Å². The van der Waals surface area contributed by atoms with Gasteiger partial charge in [-0.3, -0.25) is 4.79 Å². The van der Waals surface area contributed by atoms with Crippen molar-refractivity contribution in [1.82, 2.24) is 5.32 Å². The van der Waals surface area contributed by atoms with Crippen LogP contribution in [0.15, 0.2) is 48.5 Å². The molecule has 1 N–H and O–H groups in total. The van der Waals surface area contributed by atoms with E-state index >= 15 is 0 Å². The van der Waals surface area contributed by atoms with Crippen molar-refractivity contribution in [2.45, 2.75) is 36.8 Å². The Morgan fingerprint density at radius 2 is 1.78 bits per heavy atom. The van der Waals surface area contributed by atoms with Crippen LogP contribution in [-0.4, -0.2) is 36.7 Å². The van der Waals surface area contributed by atoms with Crippen LogP contribution in [-0.2, 0) is 14.3 Å². The summed E-state index contributed by atoms with van der Waals surface area (Å²) in [4.78, 5) is 24.8. The lowest BCUT2D eigenvalue weighted by Crippen LogP contribution is -2.56. The summed E-state index contributed by atoms with van der Waals surface area (Å²) in [6.45, 7) is 0.323. The number of alkyl carbamates (subject to hydrolysis) is 1. The Hall–Kier alpha value is -2.66. The molecule has 1 heterocycles. The molecular weight excluding hydrogens is 342 g/mol. The SMILES string of the molecule is O=C(N[C@]12CCC[C@H]1OCC2=O)OCC1c2ccccc2-c2ccccc21. The van der Waals surface area contributed by atoms with Gasteiger partial charge >= 0.3 is 6.09 Å². The molecule has 2 aromatic rings. The van der Waals surface area contributed by atoms with Gasteiger partial charge in [-0.2, -0.15) is 0 Å². The number of hydrogen-bond acceptors (Lipinski definition) is 4. The first-order valence-corrected chi connectivity index (χ1v) is 9.47. The normalized spacial score (nSPS) is 25.8. The lowest BCUT2D eigenvalue weighted by atomic mass is 9.93. The summed E-state index contributed by atoms with van der Waals surface area (Å²) >= 11 is 0. The molecule has 5 nitrogen and oxygen atoms in total. The molecule has 0 unspecified atom stereocenters. The summed E-state index contributed by atoms with van der Waals surface area (Å²) < 4.78 is 11.1. The second-order valence-corrected chi connectivity index (χ2v) is 7.54. The van der Waals surface area contributed by atoms with E-state index in [0.29, 0.717) is 6.42 Å². The highest BCUT2D eigenvalue weighted by Gasteiger charge is 2.55. The van der Waals surface area contributed by atoms with Gasteiger partial charge in [0.05, 0.1) is 6.10 Å². The van der Waals surface area contributed by atoms with Crippen molar-refractivity contribution >= 4 is 11.9 Å². The molecule has 0 spiro atoms. The van der Waals surface area contributed by atoms with Crippen LogP contribution in [0.2, 0.25) is 0 Å². The first-order chi connectivity index (χ1) is 13.2. The summed E-state index contributed by atoms with van der Waals surface area (Å²) in [5, 5.41) is 2.84. The Morgan fingerprint density at radius 1 is 1.11 bits per heavy atom. The third-order valence-corrected chi connectivity index (χ3v) is 6.17. The molecule has 1 saturated carbocycles. The van der Waals surface area contributed by atoms with Gasteiger partial charge in [0.2, 0.25) is 0 Å². The Bertz CT molecular complexity index is 879. The molecule has 5 heteroatoms. The maximum atomic E-state index is 12.5. The fourth-order valence-electron chi connectivity index (χ4n) is 4.85. The third-order valence-electron chi connectivity index (χ3n) is 6.17. The fraction of sp³-hybridized carbons (Fsp3) is 0.364. The van der Waals surface area contributed by atoms with Crippen molar-refractivity contribution in [1.29, 1.82) is 0 Å². The van der Waals surface area contributed by atoms with Crippen LogP contribution in [0, 0.1) is 0 Å². The van der Waals surface area contributed by atoms with Gasteiger partial charge in [0.1, 0.15) is 18.8 Å². The number of rotatable bonds is 3. The zero-order valence-electron chi connectivity index (χ0n) is 14.9. The van der Waals surface area contributed by atoms with E-state index in [1.54, 1.807) is 0 Å². The van der Waals surface area contributed by atoms with Crippen molar-refractivity contribution in [2.24, 2.45) is 0 Å². The molecule has 3 aliphatic rings. The monoisotopic (exact) mass is 363 g/mol. The quantitative estimate of drug-likeness (QED) is 0.908. The number of nitrogens with one attached hydrogen (secondary N) is 1. The van der Waals surface area contributed by atoms with E-state index < -0.39 is 11.6 Å². The number of fused-ring (bicyclic) bond motifs is 4. The molecule has 1 aliphatic heterocycles. The third kappa shape index (κ3) is 2.49. The highest BCUT2D eigenvalue weighted by atomic mass is 16.6. The number of carbonyl (C=O) groups excluding carboxylic acids is 2. The van der Waals surface area contributed by atoms with Gasteiger partial charge in [-0.1, -0.05) is 48.5 Å². The molecule has 2 fully saturated rings. The van der Waals surface area contributed by atoms with Crippen molar-refractivity contribution in [3.05, 3.63) is 59.7 Å². The second-order valence-electron chi connectivity index (χ2n) is 7.54. The average molecular weight is 363 g/mol. The minimum atomic E-state index is -0.886. The first kappa shape index (κ1) is 16.5. The second kappa shape index (κ2) is 6.20. The molecule has 2 aromatic carbocycles. The Morgan fingerprint density at radius 3 is 2.48 bits per heavy atom. The minimum Gasteiger partial charge on any atom is -0.449 e. The van der Waals surface area contributed by atoms with Crippen LogP contribution in [0.4, 0.5) is 4.79 Å². The molecular formula is C22H21NO4. The van der Waals surface area contributed by atoms with Crippen LogP contribution >= 0.6 is 0 Å². The predicted molar refractivity (Wildman–Crippen MR) is 99.5 cm³/mol. The van der Waals surface area contributed by atoms with Crippen molar-refractivity contribution in [3.63, 3.8) is 0 Å². The summed E-state index contributed by atoms with van der Waals surface area (Å²) in [5.74, 6) is -0.0333. The molecule has 0 radical (unpaired) electrons. The Kier molecular flexibility index (Phi) is 3.79. The van der Waals surface area contributed by atoms with Gasteiger partial charge in [-0.25, -0.2) is 4.79 Å². The van der Waals surface area contributed by atoms with Gasteiger partial charge in [0, 0.05) is 5.92 Å². The lowest BCUT2D eigenvalue weighted by Gasteiger charge is -2.27. The Balaban J connectivity index is 1.33. The number of benzene rings is 2. The van der Waals surface area contributed by atoms with Gasteiger partial charge in [-0.05, 0) is 41.5 Å². The maximum Gasteiger partial charge on any atom is 0.408 e. The van der Waals surface area contributed by atoms with Gasteiger partial charge < -0.3 is 14.8 Å². The minimum absolute atomic E-state index is 0.00977. The molecule has 1 saturated heterocycles. The maximum absolute atomic E-state index is 12.5. The van der Waals surface area contributed by atoms with E-state index in [1.165, 1.54) is 22.3 Å². The Labute approximate surface area is 157 Å². The van der Waals surface area contributed by atoms with Crippen molar-refractivity contribution in [2.75, 3.05) is 13.2 Å². The van der Waals surface area contributed by atoms with Crippen LogP contribution in [0.1, 0.15) is 36.3 Å². The lowest BCUT2D eigenvalue weighted by molar-refractivity contribution is -0.122. The zero-order valence-corrected chi connectivity index (χ0v) is 14.9. The smallest absolute Gasteiger partial charge is 0.408 e. The average Bonchev–Trinajstić information content (AvgIpc) is 3.32. The number of ether oxygens (including phenoxy) is 2. The summed E-state index contributed by atoms with van der Waals surface area (Å²) in [6, 6.07) is 16.4. The number of hydrogen-bond donors (Lipinski definition) is 1. The van der Waals surface area contributed by atoms with E-state index in [0.717, 1.165) is 12.8 Å². The largest absolute Gasteiger partial charge is 0.449 e. The topological polar surface area (TPSA) is 64.6 Å². The highest BCUT2D eigenvalue weighted by Crippen LogP contribution is 2.44. The van der Waals surface area contributed by atoms with Crippen molar-refractivity contribution < 1.29 is 19.1 Å². The molecule has 27 heavy (non-hydrogen) atoms. The molecule has 2 atom stereocenters. The molecule has 0 aromatic heterocycles. The number of Topliss-reactive ketones (excluding diaryl/α,β-unsaturated/α-hetero) is 1. The van der Waals surface area contributed by atoms with Crippen LogP contribution < -0.4 is 5.32 Å². The molecule has 2 aliphatic carbocycles. The van der Waals surface area contributed by atoms with E-state index in [-0.39, 0.29) is 31.0 Å². The standard InChI is InChI=1S/C22H21NO4/c24-19-13-26-20-10-5-11-22(19,20)23-21(25)27-12-18-16-8-3-1-6-14(16)15-7-2-4-9-17(15)18/h1-4,6-9,18,20H,5,10-13H2,(H,23,25)/t20-,22+/m1/s1. The highest BCUT2D eigenvalue weighted by molar-refractivity contribution is 5.95. The summed E-state index contributed by atoms with van der Waals surface area (Å²) in [7, 11) is 0. The molecule has 0 bridgehead atoms. The summed E-state index contributed by atoms with van der Waals surface area (Å²) in [6.07, 6.45) is 1.55. The fourth-order valence-corrected chi connectivity index (χ4v) is 4.85. The number of carbonyl (C=O) groups is 2. The number of amides is 1. The van der Waals surface area contributed by atoms with E-state index in [9.17, 15) is 9.59 Å². The van der Waals surface area contributed by atoms with Crippen LogP contribution in [0.5, 0.6) is 0 Å².